The van der Waals surface area contributed by atoms with E-state index in [4.69, 9.17) is 4.74 Å². The van der Waals surface area contributed by atoms with E-state index in [0.29, 0.717) is 5.57 Å². The maximum absolute atomic E-state index is 13.4. The standard InChI is InChI=1S/C24H23NO4S/c1-15(26)14-18-21(27)25-20(24(2,3)30-22(18)25)23(28)29-19(16-10-6-4-7-11-16)17-12-8-5-9-13-17/h4-14,19-20,22H,1-3H3/b18-14-/t20-,22+/m0/s1. The van der Waals surface area contributed by atoms with E-state index in [9.17, 15) is 14.4 Å². The van der Waals surface area contributed by atoms with Crippen LogP contribution in [0.15, 0.2) is 72.3 Å². The fourth-order valence-corrected chi connectivity index (χ4v) is 5.56. The first-order valence-corrected chi connectivity index (χ1v) is 10.7. The monoisotopic (exact) mass is 421 g/mol. The summed E-state index contributed by atoms with van der Waals surface area (Å²) in [6.07, 6.45) is 0.806. The van der Waals surface area contributed by atoms with Gasteiger partial charge in [0, 0.05) is 4.75 Å². The molecule has 0 saturated carbocycles. The molecule has 0 aliphatic carbocycles. The molecular weight excluding hydrogens is 398 g/mol. The summed E-state index contributed by atoms with van der Waals surface area (Å²) in [7, 11) is 0. The Morgan fingerprint density at radius 2 is 1.57 bits per heavy atom. The van der Waals surface area contributed by atoms with E-state index in [1.54, 1.807) is 4.90 Å². The van der Waals surface area contributed by atoms with Gasteiger partial charge in [-0.25, -0.2) is 4.79 Å². The highest BCUT2D eigenvalue weighted by molar-refractivity contribution is 8.01. The number of allylic oxidation sites excluding steroid dienone is 1. The Morgan fingerprint density at radius 3 is 2.07 bits per heavy atom. The molecule has 2 atom stereocenters. The largest absolute Gasteiger partial charge is 0.451 e. The highest BCUT2D eigenvalue weighted by Crippen LogP contribution is 2.53. The predicted molar refractivity (Wildman–Crippen MR) is 116 cm³/mol. The van der Waals surface area contributed by atoms with Gasteiger partial charge in [0.2, 0.25) is 0 Å². The van der Waals surface area contributed by atoms with E-state index in [1.807, 2.05) is 74.5 Å². The zero-order valence-corrected chi connectivity index (χ0v) is 17.9. The molecule has 2 aliphatic rings. The van der Waals surface area contributed by atoms with E-state index in [0.717, 1.165) is 11.1 Å². The number of ketones is 1. The van der Waals surface area contributed by atoms with Crippen LogP contribution < -0.4 is 0 Å². The lowest BCUT2D eigenvalue weighted by Gasteiger charge is -2.39. The molecule has 0 bridgehead atoms. The second-order valence-electron chi connectivity index (χ2n) is 8.04. The zero-order valence-electron chi connectivity index (χ0n) is 17.1. The topological polar surface area (TPSA) is 63.7 Å². The number of amides is 1. The molecule has 30 heavy (non-hydrogen) atoms. The number of ether oxygens (including phenoxy) is 1. The van der Waals surface area contributed by atoms with Crippen molar-refractivity contribution in [2.75, 3.05) is 0 Å². The molecule has 0 spiro atoms. The molecule has 0 unspecified atom stereocenters. The quantitative estimate of drug-likeness (QED) is 0.416. The predicted octanol–water partition coefficient (Wildman–Crippen LogP) is 3.90. The molecular formula is C24H23NO4S. The van der Waals surface area contributed by atoms with Gasteiger partial charge in [0.1, 0.15) is 11.4 Å². The second-order valence-corrected chi connectivity index (χ2v) is 9.77. The van der Waals surface area contributed by atoms with E-state index in [1.165, 1.54) is 24.8 Å². The molecule has 2 aromatic carbocycles. The van der Waals surface area contributed by atoms with Gasteiger partial charge in [0.05, 0.1) is 5.57 Å². The van der Waals surface area contributed by atoms with Crippen molar-refractivity contribution in [1.82, 2.24) is 4.90 Å². The molecule has 2 saturated heterocycles. The van der Waals surface area contributed by atoms with Gasteiger partial charge < -0.3 is 9.64 Å². The van der Waals surface area contributed by atoms with Gasteiger partial charge in [-0.2, -0.15) is 0 Å². The van der Waals surface area contributed by atoms with Crippen LogP contribution in [-0.2, 0) is 19.1 Å². The number of carbonyl (C=O) groups is 3. The minimum Gasteiger partial charge on any atom is -0.451 e. The van der Waals surface area contributed by atoms with Crippen molar-refractivity contribution in [3.8, 4) is 0 Å². The molecule has 0 aromatic heterocycles. The van der Waals surface area contributed by atoms with Crippen molar-refractivity contribution in [2.24, 2.45) is 0 Å². The van der Waals surface area contributed by atoms with Crippen LogP contribution in [0.5, 0.6) is 0 Å². The third-order valence-corrected chi connectivity index (χ3v) is 6.91. The van der Waals surface area contributed by atoms with E-state index < -0.39 is 22.9 Å². The number of hydrogen-bond acceptors (Lipinski definition) is 5. The summed E-state index contributed by atoms with van der Waals surface area (Å²) in [5.41, 5.74) is 2.19. The fourth-order valence-electron chi connectivity index (χ4n) is 4.02. The highest BCUT2D eigenvalue weighted by atomic mass is 32.2. The highest BCUT2D eigenvalue weighted by Gasteiger charge is 2.62. The van der Waals surface area contributed by atoms with Gasteiger partial charge in [-0.15, -0.1) is 11.8 Å². The number of β-lactam (4-membered cyclic amide) rings is 1. The summed E-state index contributed by atoms with van der Waals surface area (Å²) >= 11 is 1.51. The Kier molecular flexibility index (Phi) is 5.28. The summed E-state index contributed by atoms with van der Waals surface area (Å²) in [6, 6.07) is 18.4. The number of thioether (sulfide) groups is 1. The minimum absolute atomic E-state index is 0.171. The molecule has 0 radical (unpaired) electrons. The molecule has 4 rings (SSSR count). The summed E-state index contributed by atoms with van der Waals surface area (Å²) < 4.78 is 5.49. The Balaban J connectivity index is 1.63. The lowest BCUT2D eigenvalue weighted by Crippen LogP contribution is -2.59. The van der Waals surface area contributed by atoms with Gasteiger partial charge in [-0.05, 0) is 38.0 Å². The Bertz CT molecular complexity index is 977. The van der Waals surface area contributed by atoms with Crippen LogP contribution in [-0.4, -0.2) is 38.7 Å². The molecule has 2 aliphatic heterocycles. The molecule has 2 aromatic rings. The first-order valence-electron chi connectivity index (χ1n) is 9.82. The van der Waals surface area contributed by atoms with Crippen LogP contribution in [0.4, 0.5) is 0 Å². The SMILES string of the molecule is CC(=O)/C=C1/C(=O)N2[C@@H]1SC(C)(C)[C@@H]2C(=O)OC(c1ccccc1)c1ccccc1. The van der Waals surface area contributed by atoms with Gasteiger partial charge in [0.25, 0.3) is 5.91 Å². The average Bonchev–Trinajstić information content (AvgIpc) is 2.99. The van der Waals surface area contributed by atoms with Crippen molar-refractivity contribution >= 4 is 29.4 Å². The number of esters is 1. The molecule has 1 amide bonds. The summed E-state index contributed by atoms with van der Waals surface area (Å²) in [6.45, 7) is 5.28. The van der Waals surface area contributed by atoms with E-state index >= 15 is 0 Å². The Hall–Kier alpha value is -2.86. The van der Waals surface area contributed by atoms with Gasteiger partial charge in [-0.3, -0.25) is 9.59 Å². The second kappa shape index (κ2) is 7.76. The number of carbonyl (C=O) groups excluding carboxylic acids is 3. The normalized spacial score (nSPS) is 23.3. The smallest absolute Gasteiger partial charge is 0.331 e. The van der Waals surface area contributed by atoms with Crippen molar-refractivity contribution in [2.45, 2.75) is 43.0 Å². The summed E-state index contributed by atoms with van der Waals surface area (Å²) in [5.74, 6) is -0.884. The lowest BCUT2D eigenvalue weighted by atomic mass is 9.94. The van der Waals surface area contributed by atoms with Crippen LogP contribution in [0, 0.1) is 0 Å². The van der Waals surface area contributed by atoms with Crippen LogP contribution in [0.2, 0.25) is 0 Å². The van der Waals surface area contributed by atoms with Crippen LogP contribution in [0.1, 0.15) is 38.0 Å². The van der Waals surface area contributed by atoms with Crippen molar-refractivity contribution in [3.05, 3.63) is 83.4 Å². The van der Waals surface area contributed by atoms with Gasteiger partial charge >= 0.3 is 5.97 Å². The molecule has 2 fully saturated rings. The van der Waals surface area contributed by atoms with Crippen molar-refractivity contribution in [1.29, 1.82) is 0 Å². The zero-order chi connectivity index (χ0) is 21.5. The van der Waals surface area contributed by atoms with Crippen molar-refractivity contribution < 1.29 is 19.1 Å². The molecule has 154 valence electrons. The number of rotatable bonds is 5. The Morgan fingerprint density at radius 1 is 1.03 bits per heavy atom. The number of benzene rings is 2. The molecule has 6 heteroatoms. The first kappa shape index (κ1) is 20.4. The summed E-state index contributed by atoms with van der Waals surface area (Å²) in [4.78, 5) is 39.1. The van der Waals surface area contributed by atoms with E-state index in [-0.39, 0.29) is 17.1 Å². The van der Waals surface area contributed by atoms with Crippen LogP contribution >= 0.6 is 11.8 Å². The third-order valence-electron chi connectivity index (χ3n) is 5.37. The number of nitrogens with zero attached hydrogens (tertiary/aromatic N) is 1. The molecule has 0 N–H and O–H groups in total. The van der Waals surface area contributed by atoms with Crippen LogP contribution in [0.3, 0.4) is 0 Å². The first-order chi connectivity index (χ1) is 14.3. The molecule has 2 heterocycles. The average molecular weight is 422 g/mol. The maximum Gasteiger partial charge on any atom is 0.331 e. The number of hydrogen-bond donors (Lipinski definition) is 0. The van der Waals surface area contributed by atoms with Gasteiger partial charge in [0.15, 0.2) is 11.9 Å². The lowest BCUT2D eigenvalue weighted by molar-refractivity contribution is -0.160. The fraction of sp³-hybridized carbons (Fsp3) is 0.292. The molecule has 5 nitrogen and oxygen atoms in total. The minimum atomic E-state index is -0.723. The Labute approximate surface area is 180 Å². The van der Waals surface area contributed by atoms with Crippen molar-refractivity contribution in [3.63, 3.8) is 0 Å². The van der Waals surface area contributed by atoms with Gasteiger partial charge in [-0.1, -0.05) is 60.7 Å². The summed E-state index contributed by atoms with van der Waals surface area (Å²) in [5, 5.41) is -0.291. The maximum atomic E-state index is 13.4. The third kappa shape index (κ3) is 3.56. The van der Waals surface area contributed by atoms with E-state index in [2.05, 4.69) is 0 Å². The number of fused-ring (bicyclic) bond motifs is 1. The van der Waals surface area contributed by atoms with Crippen LogP contribution in [0.25, 0.3) is 0 Å².